The molecule has 102 valence electrons. The van der Waals surface area contributed by atoms with Crippen molar-refractivity contribution in [3.05, 3.63) is 18.3 Å². The summed E-state index contributed by atoms with van der Waals surface area (Å²) in [5.74, 6) is 0.795. The summed E-state index contributed by atoms with van der Waals surface area (Å²) in [6, 6.07) is 3.75. The SMILES string of the molecule is NC1(C(=O)Nc2cccnc2N2CCCC2)CCC1. The van der Waals surface area contributed by atoms with E-state index in [2.05, 4.69) is 15.2 Å². The Hall–Kier alpha value is -1.62. The lowest BCUT2D eigenvalue weighted by Gasteiger charge is -2.36. The molecule has 2 aliphatic rings. The molecule has 1 aromatic heterocycles. The fourth-order valence-corrected chi connectivity index (χ4v) is 2.71. The fraction of sp³-hybridized carbons (Fsp3) is 0.571. The van der Waals surface area contributed by atoms with Crippen molar-refractivity contribution in [1.82, 2.24) is 4.98 Å². The van der Waals surface area contributed by atoms with Gasteiger partial charge in [-0.3, -0.25) is 4.79 Å². The number of anilines is 2. The first-order valence-corrected chi connectivity index (χ1v) is 6.99. The van der Waals surface area contributed by atoms with E-state index in [1.54, 1.807) is 6.20 Å². The van der Waals surface area contributed by atoms with Gasteiger partial charge in [-0.25, -0.2) is 4.98 Å². The van der Waals surface area contributed by atoms with Crippen LogP contribution in [-0.2, 0) is 4.79 Å². The highest BCUT2D eigenvalue weighted by Crippen LogP contribution is 2.32. The molecule has 1 saturated carbocycles. The van der Waals surface area contributed by atoms with E-state index < -0.39 is 5.54 Å². The zero-order valence-electron chi connectivity index (χ0n) is 11.1. The van der Waals surface area contributed by atoms with E-state index in [4.69, 9.17) is 5.73 Å². The molecule has 0 spiro atoms. The molecule has 0 atom stereocenters. The van der Waals surface area contributed by atoms with Crippen LogP contribution in [0.15, 0.2) is 18.3 Å². The second-order valence-electron chi connectivity index (χ2n) is 5.53. The third-order valence-corrected chi connectivity index (χ3v) is 4.14. The monoisotopic (exact) mass is 260 g/mol. The van der Waals surface area contributed by atoms with Gasteiger partial charge in [0.25, 0.3) is 0 Å². The quantitative estimate of drug-likeness (QED) is 0.864. The van der Waals surface area contributed by atoms with Crippen molar-refractivity contribution in [2.75, 3.05) is 23.3 Å². The Bertz CT molecular complexity index is 478. The van der Waals surface area contributed by atoms with E-state index in [9.17, 15) is 4.79 Å². The Balaban J connectivity index is 1.78. The average molecular weight is 260 g/mol. The molecular formula is C14H20N4O. The van der Waals surface area contributed by atoms with Gasteiger partial charge in [-0.15, -0.1) is 0 Å². The summed E-state index contributed by atoms with van der Waals surface area (Å²) in [4.78, 5) is 18.8. The van der Waals surface area contributed by atoms with E-state index in [1.165, 1.54) is 12.8 Å². The van der Waals surface area contributed by atoms with Gasteiger partial charge in [-0.05, 0) is 44.2 Å². The first kappa shape index (κ1) is 12.4. The van der Waals surface area contributed by atoms with E-state index >= 15 is 0 Å². The minimum Gasteiger partial charge on any atom is -0.355 e. The molecule has 2 fully saturated rings. The van der Waals surface area contributed by atoms with Crippen LogP contribution in [0.3, 0.4) is 0 Å². The predicted octanol–water partition coefficient (Wildman–Crippen LogP) is 1.50. The van der Waals surface area contributed by atoms with Gasteiger partial charge in [0.2, 0.25) is 5.91 Å². The number of carbonyl (C=O) groups excluding carboxylic acids is 1. The van der Waals surface area contributed by atoms with Gasteiger partial charge in [0.15, 0.2) is 5.82 Å². The predicted molar refractivity (Wildman–Crippen MR) is 75.1 cm³/mol. The van der Waals surface area contributed by atoms with Gasteiger partial charge in [-0.1, -0.05) is 0 Å². The lowest BCUT2D eigenvalue weighted by atomic mass is 9.77. The number of carbonyl (C=O) groups is 1. The molecule has 3 rings (SSSR count). The van der Waals surface area contributed by atoms with Crippen molar-refractivity contribution in [1.29, 1.82) is 0 Å². The molecule has 0 bridgehead atoms. The summed E-state index contributed by atoms with van der Waals surface area (Å²) in [6.07, 6.45) is 6.73. The molecular weight excluding hydrogens is 240 g/mol. The number of pyridine rings is 1. The largest absolute Gasteiger partial charge is 0.355 e. The number of nitrogens with zero attached hydrogens (tertiary/aromatic N) is 2. The van der Waals surface area contributed by atoms with E-state index in [0.29, 0.717) is 0 Å². The van der Waals surface area contributed by atoms with Crippen LogP contribution in [0.25, 0.3) is 0 Å². The number of amides is 1. The van der Waals surface area contributed by atoms with Crippen molar-refractivity contribution in [2.24, 2.45) is 5.73 Å². The maximum absolute atomic E-state index is 12.2. The fourth-order valence-electron chi connectivity index (χ4n) is 2.71. The Morgan fingerprint density at radius 1 is 1.32 bits per heavy atom. The van der Waals surface area contributed by atoms with Gasteiger partial charge in [0.05, 0.1) is 11.2 Å². The van der Waals surface area contributed by atoms with Gasteiger partial charge in [0.1, 0.15) is 0 Å². The Morgan fingerprint density at radius 3 is 2.68 bits per heavy atom. The number of nitrogens with one attached hydrogen (secondary N) is 1. The smallest absolute Gasteiger partial charge is 0.244 e. The Morgan fingerprint density at radius 2 is 2.05 bits per heavy atom. The van der Waals surface area contributed by atoms with Crippen LogP contribution < -0.4 is 16.0 Å². The molecule has 5 heteroatoms. The number of hydrogen-bond donors (Lipinski definition) is 2. The van der Waals surface area contributed by atoms with E-state index in [1.807, 2.05) is 12.1 Å². The highest BCUT2D eigenvalue weighted by Gasteiger charge is 2.40. The Kier molecular flexibility index (Phi) is 3.14. The van der Waals surface area contributed by atoms with Gasteiger partial charge < -0.3 is 16.0 Å². The van der Waals surface area contributed by atoms with Crippen LogP contribution in [0, 0.1) is 0 Å². The summed E-state index contributed by atoms with van der Waals surface area (Å²) in [5.41, 5.74) is 6.17. The van der Waals surface area contributed by atoms with Crippen LogP contribution >= 0.6 is 0 Å². The van der Waals surface area contributed by atoms with Crippen molar-refractivity contribution in [2.45, 2.75) is 37.6 Å². The molecule has 0 radical (unpaired) electrons. The lowest BCUT2D eigenvalue weighted by Crippen LogP contribution is -2.56. The van der Waals surface area contributed by atoms with E-state index in [0.717, 1.165) is 43.9 Å². The maximum atomic E-state index is 12.2. The Labute approximate surface area is 113 Å². The van der Waals surface area contributed by atoms with Crippen molar-refractivity contribution >= 4 is 17.4 Å². The standard InChI is InChI=1S/C14H20N4O/c15-14(6-4-7-14)13(19)17-11-5-3-8-16-12(11)18-9-1-2-10-18/h3,5,8H,1-2,4,6-7,9-10,15H2,(H,17,19). The third kappa shape index (κ3) is 2.30. The second kappa shape index (κ2) is 4.81. The van der Waals surface area contributed by atoms with Crippen LogP contribution in [0.2, 0.25) is 0 Å². The molecule has 19 heavy (non-hydrogen) atoms. The van der Waals surface area contributed by atoms with Gasteiger partial charge in [0, 0.05) is 19.3 Å². The summed E-state index contributed by atoms with van der Waals surface area (Å²) in [7, 11) is 0. The van der Waals surface area contributed by atoms with Crippen molar-refractivity contribution in [3.63, 3.8) is 0 Å². The summed E-state index contributed by atoms with van der Waals surface area (Å²) < 4.78 is 0. The van der Waals surface area contributed by atoms with Crippen LogP contribution in [0.4, 0.5) is 11.5 Å². The normalized spacial score (nSPS) is 21.0. The highest BCUT2D eigenvalue weighted by atomic mass is 16.2. The molecule has 5 nitrogen and oxygen atoms in total. The van der Waals surface area contributed by atoms with Gasteiger partial charge >= 0.3 is 0 Å². The molecule has 1 aliphatic heterocycles. The number of nitrogens with two attached hydrogens (primary N) is 1. The van der Waals surface area contributed by atoms with Crippen LogP contribution in [-0.4, -0.2) is 29.5 Å². The number of aromatic nitrogens is 1. The average Bonchev–Trinajstić information content (AvgIpc) is 2.90. The van der Waals surface area contributed by atoms with Crippen LogP contribution in [0.1, 0.15) is 32.1 Å². The first-order chi connectivity index (χ1) is 9.19. The van der Waals surface area contributed by atoms with Crippen molar-refractivity contribution in [3.8, 4) is 0 Å². The summed E-state index contributed by atoms with van der Waals surface area (Å²) in [6.45, 7) is 2.02. The zero-order chi connectivity index (χ0) is 13.3. The zero-order valence-corrected chi connectivity index (χ0v) is 11.1. The first-order valence-electron chi connectivity index (χ1n) is 6.99. The molecule has 2 heterocycles. The molecule has 0 aromatic carbocycles. The third-order valence-electron chi connectivity index (χ3n) is 4.14. The molecule has 1 aliphatic carbocycles. The molecule has 1 saturated heterocycles. The summed E-state index contributed by atoms with van der Waals surface area (Å²) in [5, 5.41) is 2.96. The molecule has 3 N–H and O–H groups in total. The number of hydrogen-bond acceptors (Lipinski definition) is 4. The highest BCUT2D eigenvalue weighted by molar-refractivity contribution is 6.00. The molecule has 0 unspecified atom stereocenters. The van der Waals surface area contributed by atoms with E-state index in [-0.39, 0.29) is 5.91 Å². The van der Waals surface area contributed by atoms with Crippen LogP contribution in [0.5, 0.6) is 0 Å². The molecule has 1 aromatic rings. The second-order valence-corrected chi connectivity index (χ2v) is 5.53. The summed E-state index contributed by atoms with van der Waals surface area (Å²) >= 11 is 0. The minimum atomic E-state index is -0.669. The van der Waals surface area contributed by atoms with Gasteiger partial charge in [-0.2, -0.15) is 0 Å². The maximum Gasteiger partial charge on any atom is 0.244 e. The topological polar surface area (TPSA) is 71.2 Å². The number of rotatable bonds is 3. The van der Waals surface area contributed by atoms with Crippen molar-refractivity contribution < 1.29 is 4.79 Å². The molecule has 1 amide bonds. The lowest BCUT2D eigenvalue weighted by molar-refractivity contribution is -0.123. The minimum absolute atomic E-state index is 0.0767.